The molecule has 6 nitrogen and oxygen atoms in total. The van der Waals surface area contributed by atoms with E-state index >= 15 is 0 Å². The SMILES string of the molecule is CCN(Cc1ccc(Br)s1)C(=O)Cn1cc(CCO)nn1. The fourth-order valence-corrected chi connectivity index (χ4v) is 3.38. The second kappa shape index (κ2) is 7.67. The van der Waals surface area contributed by atoms with Gasteiger partial charge in [0.05, 0.1) is 16.0 Å². The zero-order valence-corrected chi connectivity index (χ0v) is 14.1. The quantitative estimate of drug-likeness (QED) is 0.802. The molecule has 1 amide bonds. The van der Waals surface area contributed by atoms with Crippen molar-refractivity contribution in [1.82, 2.24) is 19.9 Å². The largest absolute Gasteiger partial charge is 0.396 e. The van der Waals surface area contributed by atoms with Crippen molar-refractivity contribution in [2.45, 2.75) is 26.4 Å². The predicted octanol–water partition coefficient (Wildman–Crippen LogP) is 1.69. The average Bonchev–Trinajstić information content (AvgIpc) is 3.06. The summed E-state index contributed by atoms with van der Waals surface area (Å²) in [6.07, 6.45) is 2.15. The van der Waals surface area contributed by atoms with Crippen LogP contribution >= 0.6 is 27.3 Å². The number of carbonyl (C=O) groups is 1. The van der Waals surface area contributed by atoms with Crippen LogP contribution in [-0.2, 0) is 24.3 Å². The third-order valence-electron chi connectivity index (χ3n) is 2.96. The van der Waals surface area contributed by atoms with Gasteiger partial charge in [-0.05, 0) is 35.0 Å². The summed E-state index contributed by atoms with van der Waals surface area (Å²) in [6, 6.07) is 4.00. The lowest BCUT2D eigenvalue weighted by molar-refractivity contribution is -0.132. The smallest absolute Gasteiger partial charge is 0.244 e. The van der Waals surface area contributed by atoms with E-state index < -0.39 is 0 Å². The Hall–Kier alpha value is -1.25. The number of thiophene rings is 1. The number of halogens is 1. The average molecular weight is 373 g/mol. The number of amides is 1. The molecule has 0 unspecified atom stereocenters. The molecule has 0 atom stereocenters. The molecule has 0 bridgehead atoms. The summed E-state index contributed by atoms with van der Waals surface area (Å²) >= 11 is 5.05. The molecule has 0 aliphatic rings. The van der Waals surface area contributed by atoms with E-state index in [9.17, 15) is 4.79 Å². The Balaban J connectivity index is 1.95. The predicted molar refractivity (Wildman–Crippen MR) is 83.9 cm³/mol. The van der Waals surface area contributed by atoms with E-state index in [2.05, 4.69) is 26.2 Å². The molecule has 114 valence electrons. The van der Waals surface area contributed by atoms with E-state index in [4.69, 9.17) is 5.11 Å². The van der Waals surface area contributed by atoms with Crippen LogP contribution in [0.3, 0.4) is 0 Å². The van der Waals surface area contributed by atoms with Crippen molar-refractivity contribution in [3.8, 4) is 0 Å². The maximum absolute atomic E-state index is 12.3. The van der Waals surface area contributed by atoms with Crippen molar-refractivity contribution in [3.63, 3.8) is 0 Å². The van der Waals surface area contributed by atoms with Gasteiger partial charge >= 0.3 is 0 Å². The van der Waals surface area contributed by atoms with E-state index in [0.29, 0.717) is 25.2 Å². The van der Waals surface area contributed by atoms with Crippen molar-refractivity contribution in [3.05, 3.63) is 32.7 Å². The molecule has 8 heteroatoms. The molecule has 2 aromatic rings. The first-order valence-electron chi connectivity index (χ1n) is 6.64. The van der Waals surface area contributed by atoms with Crippen LogP contribution in [0.1, 0.15) is 17.5 Å². The lowest BCUT2D eigenvalue weighted by Gasteiger charge is -2.19. The number of aliphatic hydroxyl groups is 1. The maximum atomic E-state index is 12.3. The van der Waals surface area contributed by atoms with Gasteiger partial charge in [0, 0.05) is 30.6 Å². The molecule has 0 aliphatic heterocycles. The van der Waals surface area contributed by atoms with E-state index in [1.54, 1.807) is 22.4 Å². The van der Waals surface area contributed by atoms with Crippen LogP contribution in [0.25, 0.3) is 0 Å². The number of carbonyl (C=O) groups excluding carboxylic acids is 1. The van der Waals surface area contributed by atoms with Crippen LogP contribution in [0.5, 0.6) is 0 Å². The molecule has 2 rings (SSSR count). The number of aliphatic hydroxyl groups excluding tert-OH is 1. The highest BCUT2D eigenvalue weighted by Crippen LogP contribution is 2.23. The van der Waals surface area contributed by atoms with Crippen molar-refractivity contribution in [2.24, 2.45) is 0 Å². The van der Waals surface area contributed by atoms with Gasteiger partial charge in [0.15, 0.2) is 0 Å². The Morgan fingerprint density at radius 3 is 2.95 bits per heavy atom. The second-order valence-electron chi connectivity index (χ2n) is 4.49. The van der Waals surface area contributed by atoms with Crippen LogP contribution < -0.4 is 0 Å². The molecule has 0 saturated heterocycles. The zero-order valence-electron chi connectivity index (χ0n) is 11.7. The minimum absolute atomic E-state index is 0.00229. The van der Waals surface area contributed by atoms with Crippen molar-refractivity contribution in [2.75, 3.05) is 13.2 Å². The van der Waals surface area contributed by atoms with Gasteiger partial charge in [-0.1, -0.05) is 5.21 Å². The molecule has 0 aromatic carbocycles. The van der Waals surface area contributed by atoms with Crippen LogP contribution in [0, 0.1) is 0 Å². The molecule has 1 N–H and O–H groups in total. The molecule has 2 heterocycles. The Morgan fingerprint density at radius 1 is 1.52 bits per heavy atom. The molecule has 0 saturated carbocycles. The van der Waals surface area contributed by atoms with Crippen molar-refractivity contribution in [1.29, 1.82) is 0 Å². The first-order chi connectivity index (χ1) is 10.1. The first kappa shape index (κ1) is 16.1. The summed E-state index contributed by atoms with van der Waals surface area (Å²) in [7, 11) is 0. The molecule has 0 radical (unpaired) electrons. The molecule has 21 heavy (non-hydrogen) atoms. The second-order valence-corrected chi connectivity index (χ2v) is 7.04. The number of hydrogen-bond donors (Lipinski definition) is 1. The molecular weight excluding hydrogens is 356 g/mol. The first-order valence-corrected chi connectivity index (χ1v) is 8.25. The lowest BCUT2D eigenvalue weighted by atomic mass is 10.3. The fraction of sp³-hybridized carbons (Fsp3) is 0.462. The van der Waals surface area contributed by atoms with Crippen molar-refractivity contribution < 1.29 is 9.90 Å². The number of hydrogen-bond acceptors (Lipinski definition) is 5. The Labute approximate surface area is 135 Å². The molecule has 0 spiro atoms. The topological polar surface area (TPSA) is 71.2 Å². The highest BCUT2D eigenvalue weighted by atomic mass is 79.9. The fourth-order valence-electron chi connectivity index (χ4n) is 1.88. The van der Waals surface area contributed by atoms with Gasteiger partial charge in [-0.25, -0.2) is 4.68 Å². The minimum atomic E-state index is 0.00229. The van der Waals surface area contributed by atoms with Gasteiger partial charge in [-0.2, -0.15) is 0 Å². The van der Waals surface area contributed by atoms with Crippen LogP contribution in [0.2, 0.25) is 0 Å². The van der Waals surface area contributed by atoms with E-state index in [1.807, 2.05) is 19.1 Å². The van der Waals surface area contributed by atoms with Gasteiger partial charge < -0.3 is 10.0 Å². The highest BCUT2D eigenvalue weighted by Gasteiger charge is 2.14. The number of aromatic nitrogens is 3. The van der Waals surface area contributed by atoms with Crippen molar-refractivity contribution >= 4 is 33.2 Å². The Morgan fingerprint density at radius 2 is 2.33 bits per heavy atom. The number of likely N-dealkylation sites (N-methyl/N-ethyl adjacent to an activating group) is 1. The van der Waals surface area contributed by atoms with E-state index in [-0.39, 0.29) is 19.1 Å². The van der Waals surface area contributed by atoms with E-state index in [1.165, 1.54) is 4.68 Å². The molecule has 0 fully saturated rings. The van der Waals surface area contributed by atoms with Crippen LogP contribution in [0.4, 0.5) is 0 Å². The molecular formula is C13H17BrN4O2S. The Bertz CT molecular complexity index is 599. The third kappa shape index (κ3) is 4.62. The lowest BCUT2D eigenvalue weighted by Crippen LogP contribution is -2.33. The zero-order chi connectivity index (χ0) is 15.2. The summed E-state index contributed by atoms with van der Waals surface area (Å²) in [5, 5.41) is 16.7. The summed E-state index contributed by atoms with van der Waals surface area (Å²) in [6.45, 7) is 3.40. The maximum Gasteiger partial charge on any atom is 0.244 e. The summed E-state index contributed by atoms with van der Waals surface area (Å²) in [5.41, 5.74) is 0.690. The van der Waals surface area contributed by atoms with Gasteiger partial charge in [-0.15, -0.1) is 16.4 Å². The molecule has 2 aromatic heterocycles. The van der Waals surface area contributed by atoms with Gasteiger partial charge in [0.1, 0.15) is 6.54 Å². The number of rotatable bonds is 7. The van der Waals surface area contributed by atoms with Crippen LogP contribution in [0.15, 0.2) is 22.1 Å². The normalized spacial score (nSPS) is 10.8. The van der Waals surface area contributed by atoms with Gasteiger partial charge in [0.2, 0.25) is 5.91 Å². The van der Waals surface area contributed by atoms with Gasteiger partial charge in [-0.3, -0.25) is 4.79 Å². The Kier molecular flexibility index (Phi) is 5.89. The summed E-state index contributed by atoms with van der Waals surface area (Å²) in [5.74, 6) is 0.00229. The highest BCUT2D eigenvalue weighted by molar-refractivity contribution is 9.11. The van der Waals surface area contributed by atoms with E-state index in [0.717, 1.165) is 8.66 Å². The standard InChI is InChI=1S/C13H17BrN4O2S/c1-2-17(8-11-3-4-12(14)21-11)13(20)9-18-7-10(5-6-19)15-16-18/h3-4,7,19H,2,5-6,8-9H2,1H3. The third-order valence-corrected chi connectivity index (χ3v) is 4.57. The minimum Gasteiger partial charge on any atom is -0.396 e. The molecule has 0 aliphatic carbocycles. The summed E-state index contributed by atoms with van der Waals surface area (Å²) in [4.78, 5) is 15.2. The van der Waals surface area contributed by atoms with Crippen LogP contribution in [-0.4, -0.2) is 44.1 Å². The summed E-state index contributed by atoms with van der Waals surface area (Å²) < 4.78 is 2.58. The monoisotopic (exact) mass is 372 g/mol. The number of nitrogens with zero attached hydrogens (tertiary/aromatic N) is 4. The van der Waals surface area contributed by atoms with Gasteiger partial charge in [0.25, 0.3) is 0 Å².